The molecule has 0 atom stereocenters. The molecule has 0 radical (unpaired) electrons. The van der Waals surface area contributed by atoms with Crippen molar-refractivity contribution in [2.45, 2.75) is 30.4 Å². The van der Waals surface area contributed by atoms with E-state index in [0.717, 1.165) is 12.8 Å². The minimum atomic E-state index is -3.58. The molecule has 1 aliphatic heterocycles. The summed E-state index contributed by atoms with van der Waals surface area (Å²) < 4.78 is 40.8. The molecule has 9 heteroatoms. The number of rotatable bonds is 8. The summed E-state index contributed by atoms with van der Waals surface area (Å²) in [5.41, 5.74) is 1.50. The van der Waals surface area contributed by atoms with Crippen LogP contribution in [-0.4, -0.2) is 44.0 Å². The van der Waals surface area contributed by atoms with Crippen molar-refractivity contribution in [1.82, 2.24) is 9.62 Å². The van der Waals surface area contributed by atoms with Gasteiger partial charge in [-0.25, -0.2) is 12.8 Å². The minimum Gasteiger partial charge on any atom is -0.351 e. The van der Waals surface area contributed by atoms with Crippen LogP contribution in [0.3, 0.4) is 0 Å². The zero-order valence-corrected chi connectivity index (χ0v) is 19.0. The van der Waals surface area contributed by atoms with Crippen LogP contribution in [0.5, 0.6) is 0 Å². The fourth-order valence-corrected chi connectivity index (χ4v) is 6.00. The van der Waals surface area contributed by atoms with E-state index in [1.807, 2.05) is 0 Å². The average Bonchev–Trinajstić information content (AvgIpc) is 3.25. The number of carbonyl (C=O) groups excluding carboxylic acids is 1. The maximum absolute atomic E-state index is 13.8. The van der Waals surface area contributed by atoms with E-state index >= 15 is 0 Å². The van der Waals surface area contributed by atoms with Gasteiger partial charge in [0.25, 0.3) is 5.91 Å². The Morgan fingerprint density at radius 2 is 1.97 bits per heavy atom. The predicted octanol–water partition coefficient (Wildman–Crippen LogP) is 4.24. The van der Waals surface area contributed by atoms with Crippen molar-refractivity contribution in [3.8, 4) is 0 Å². The van der Waals surface area contributed by atoms with Crippen LogP contribution in [-0.2, 0) is 15.8 Å². The number of nitrogens with zero attached hydrogens (tertiary/aromatic N) is 1. The summed E-state index contributed by atoms with van der Waals surface area (Å²) in [5, 5.41) is 3.20. The minimum absolute atomic E-state index is 0.142. The Balaban J connectivity index is 1.57. The molecular formula is C21H24ClFN2O3S2. The first kappa shape index (κ1) is 23.1. The molecule has 0 unspecified atom stereocenters. The van der Waals surface area contributed by atoms with Gasteiger partial charge < -0.3 is 5.32 Å². The molecule has 2 aromatic rings. The van der Waals surface area contributed by atoms with Gasteiger partial charge in [0.1, 0.15) is 5.82 Å². The van der Waals surface area contributed by atoms with Gasteiger partial charge in [0.2, 0.25) is 10.0 Å². The van der Waals surface area contributed by atoms with E-state index in [0.29, 0.717) is 52.9 Å². The lowest BCUT2D eigenvalue weighted by atomic mass is 10.1. The summed E-state index contributed by atoms with van der Waals surface area (Å²) in [5.74, 6) is 0.312. The van der Waals surface area contributed by atoms with Crippen molar-refractivity contribution < 1.29 is 17.6 Å². The van der Waals surface area contributed by atoms with Crippen molar-refractivity contribution in [3.05, 3.63) is 63.9 Å². The number of thioether (sulfide) groups is 1. The topological polar surface area (TPSA) is 66.5 Å². The van der Waals surface area contributed by atoms with Crippen LogP contribution in [0.4, 0.5) is 4.39 Å². The molecule has 1 N–H and O–H groups in total. The smallest absolute Gasteiger partial charge is 0.251 e. The van der Waals surface area contributed by atoms with Gasteiger partial charge in [-0.2, -0.15) is 16.1 Å². The molecule has 1 heterocycles. The van der Waals surface area contributed by atoms with Crippen LogP contribution >= 0.6 is 23.4 Å². The standard InChI is InChI=1S/C21H24ClFN2O3S2/c1-15-7-8-16(30(27,28)25-10-2-3-11-25)13-17(15)21(26)24-9-12-29-14-18-19(22)5-4-6-20(18)23/h4-8,13H,2-3,9-12,14H2,1H3,(H,24,26). The number of nitrogens with one attached hydrogen (secondary N) is 1. The second kappa shape index (κ2) is 10.1. The van der Waals surface area contributed by atoms with Crippen molar-refractivity contribution in [3.63, 3.8) is 0 Å². The molecule has 0 aromatic heterocycles. The van der Waals surface area contributed by atoms with Gasteiger partial charge in [0.15, 0.2) is 0 Å². The Morgan fingerprint density at radius 1 is 1.23 bits per heavy atom. The monoisotopic (exact) mass is 470 g/mol. The van der Waals surface area contributed by atoms with Gasteiger partial charge >= 0.3 is 0 Å². The molecule has 1 fully saturated rings. The molecule has 2 aromatic carbocycles. The molecule has 0 aliphatic carbocycles. The molecule has 3 rings (SSSR count). The third-order valence-electron chi connectivity index (χ3n) is 5.00. The fraction of sp³-hybridized carbons (Fsp3) is 0.381. The molecule has 30 heavy (non-hydrogen) atoms. The highest BCUT2D eigenvalue weighted by atomic mass is 35.5. The van der Waals surface area contributed by atoms with Gasteiger partial charge in [0, 0.05) is 47.3 Å². The third kappa shape index (κ3) is 5.35. The zero-order chi connectivity index (χ0) is 21.7. The van der Waals surface area contributed by atoms with Crippen LogP contribution in [0.25, 0.3) is 0 Å². The number of sulfonamides is 1. The van der Waals surface area contributed by atoms with Gasteiger partial charge in [0.05, 0.1) is 4.90 Å². The molecular weight excluding hydrogens is 447 g/mol. The third-order valence-corrected chi connectivity index (χ3v) is 8.23. The van der Waals surface area contributed by atoms with Gasteiger partial charge in [-0.15, -0.1) is 0 Å². The Kier molecular flexibility index (Phi) is 7.79. The number of hydrogen-bond acceptors (Lipinski definition) is 4. The summed E-state index contributed by atoms with van der Waals surface area (Å²) in [4.78, 5) is 12.7. The lowest BCUT2D eigenvalue weighted by Crippen LogP contribution is -2.29. The van der Waals surface area contributed by atoms with Crippen molar-refractivity contribution in [1.29, 1.82) is 0 Å². The number of benzene rings is 2. The summed E-state index contributed by atoms with van der Waals surface area (Å²) in [6, 6.07) is 9.24. The van der Waals surface area contributed by atoms with Gasteiger partial charge in [-0.3, -0.25) is 4.79 Å². The van der Waals surface area contributed by atoms with Crippen molar-refractivity contribution in [2.75, 3.05) is 25.4 Å². The zero-order valence-electron chi connectivity index (χ0n) is 16.7. The van der Waals surface area contributed by atoms with E-state index in [9.17, 15) is 17.6 Å². The van der Waals surface area contributed by atoms with E-state index in [2.05, 4.69) is 5.32 Å². The van der Waals surface area contributed by atoms with Gasteiger partial charge in [-0.1, -0.05) is 23.7 Å². The molecule has 1 amide bonds. The van der Waals surface area contributed by atoms with Crippen LogP contribution < -0.4 is 5.32 Å². The number of amides is 1. The first-order chi connectivity index (χ1) is 14.3. The van der Waals surface area contributed by atoms with Crippen LogP contribution in [0.1, 0.15) is 34.3 Å². The second-order valence-electron chi connectivity index (χ2n) is 7.10. The van der Waals surface area contributed by atoms with Crippen molar-refractivity contribution >= 4 is 39.3 Å². The fourth-order valence-electron chi connectivity index (χ4n) is 3.26. The van der Waals surface area contributed by atoms with Crippen LogP contribution in [0, 0.1) is 12.7 Å². The Hall–Kier alpha value is -1.61. The normalized spacial score (nSPS) is 14.8. The van der Waals surface area contributed by atoms with E-state index < -0.39 is 10.0 Å². The summed E-state index contributed by atoms with van der Waals surface area (Å²) in [7, 11) is -3.58. The highest BCUT2D eigenvalue weighted by Crippen LogP contribution is 2.24. The first-order valence-electron chi connectivity index (χ1n) is 9.70. The molecule has 1 aliphatic rings. The SMILES string of the molecule is Cc1ccc(S(=O)(=O)N2CCCC2)cc1C(=O)NCCSCc1c(F)cccc1Cl. The number of carbonyl (C=O) groups is 1. The Morgan fingerprint density at radius 3 is 2.67 bits per heavy atom. The highest BCUT2D eigenvalue weighted by molar-refractivity contribution is 7.98. The molecule has 5 nitrogen and oxygen atoms in total. The first-order valence-corrected chi connectivity index (χ1v) is 12.7. The summed E-state index contributed by atoms with van der Waals surface area (Å²) >= 11 is 7.47. The van der Waals surface area contributed by atoms with E-state index in [-0.39, 0.29) is 16.6 Å². The second-order valence-corrected chi connectivity index (χ2v) is 10.5. The largest absolute Gasteiger partial charge is 0.351 e. The quantitative estimate of drug-likeness (QED) is 0.586. The average molecular weight is 471 g/mol. The van der Waals surface area contributed by atoms with E-state index in [1.54, 1.807) is 31.2 Å². The highest BCUT2D eigenvalue weighted by Gasteiger charge is 2.28. The number of halogens is 2. The summed E-state index contributed by atoms with van der Waals surface area (Å²) in [6.07, 6.45) is 1.71. The maximum atomic E-state index is 13.8. The number of aryl methyl sites for hydroxylation is 1. The van der Waals surface area contributed by atoms with Crippen molar-refractivity contribution in [2.24, 2.45) is 0 Å². The van der Waals surface area contributed by atoms with E-state index in [1.165, 1.54) is 28.2 Å². The van der Waals surface area contributed by atoms with Crippen LogP contribution in [0.2, 0.25) is 5.02 Å². The van der Waals surface area contributed by atoms with E-state index in [4.69, 9.17) is 11.6 Å². The molecule has 0 spiro atoms. The molecule has 0 saturated carbocycles. The predicted molar refractivity (Wildman–Crippen MR) is 119 cm³/mol. The molecule has 0 bridgehead atoms. The Labute approximate surface area is 186 Å². The number of hydrogen-bond donors (Lipinski definition) is 1. The lowest BCUT2D eigenvalue weighted by Gasteiger charge is -2.17. The maximum Gasteiger partial charge on any atom is 0.251 e. The summed E-state index contributed by atoms with van der Waals surface area (Å²) in [6.45, 7) is 3.18. The molecule has 1 saturated heterocycles. The molecule has 162 valence electrons. The Bertz CT molecular complexity index is 1000. The van der Waals surface area contributed by atoms with Crippen LogP contribution in [0.15, 0.2) is 41.3 Å². The van der Waals surface area contributed by atoms with Gasteiger partial charge in [-0.05, 0) is 49.6 Å². The lowest BCUT2D eigenvalue weighted by molar-refractivity contribution is 0.0955.